The molecule has 0 radical (unpaired) electrons. The van der Waals surface area contributed by atoms with E-state index in [2.05, 4.69) is 43.8 Å². The smallest absolute Gasteiger partial charge is 0.214 e. The first kappa shape index (κ1) is 24.4. The van der Waals surface area contributed by atoms with Gasteiger partial charge in [0.1, 0.15) is 6.61 Å². The molecule has 0 atom stereocenters. The highest BCUT2D eigenvalue weighted by molar-refractivity contribution is 6.74. The van der Waals surface area contributed by atoms with Gasteiger partial charge in [-0.05, 0) is 61.5 Å². The van der Waals surface area contributed by atoms with Crippen LogP contribution in [-0.2, 0) is 30.5 Å². The maximum atomic E-state index is 13.4. The summed E-state index contributed by atoms with van der Waals surface area (Å²) in [6, 6.07) is 6.60. The molecule has 0 N–H and O–H groups in total. The van der Waals surface area contributed by atoms with Crippen molar-refractivity contribution in [2.45, 2.75) is 77.8 Å². The maximum absolute atomic E-state index is 13.4. The molecule has 0 bridgehead atoms. The highest BCUT2D eigenvalue weighted by atomic mass is 28.4. The Kier molecular flexibility index (Phi) is 7.09. The van der Waals surface area contributed by atoms with Crippen molar-refractivity contribution in [1.82, 2.24) is 19.9 Å². The van der Waals surface area contributed by atoms with Crippen LogP contribution in [0.15, 0.2) is 36.7 Å². The zero-order valence-electron chi connectivity index (χ0n) is 20.7. The highest BCUT2D eigenvalue weighted by Crippen LogP contribution is 2.37. The van der Waals surface area contributed by atoms with Gasteiger partial charge in [-0.25, -0.2) is 15.0 Å². The minimum Gasteiger partial charge on any atom is -0.471 e. The largest absolute Gasteiger partial charge is 0.471 e. The van der Waals surface area contributed by atoms with Crippen molar-refractivity contribution in [2.75, 3.05) is 0 Å². The number of aromatic nitrogens is 4. The van der Waals surface area contributed by atoms with E-state index < -0.39 is 14.3 Å². The highest BCUT2D eigenvalue weighted by Gasteiger charge is 2.37. The molecular formula is C26H33FN4O2Si. The molecule has 4 rings (SSSR count). The third-order valence-corrected chi connectivity index (χ3v) is 11.2. The van der Waals surface area contributed by atoms with Crippen LogP contribution in [0.1, 0.15) is 56.3 Å². The number of halogens is 1. The molecule has 8 heteroatoms. The fraction of sp³-hybridized carbons (Fsp3) is 0.462. The molecule has 0 aromatic carbocycles. The third kappa shape index (κ3) is 5.67. The molecule has 0 amide bonds. The van der Waals surface area contributed by atoms with Crippen LogP contribution in [0.25, 0.3) is 11.3 Å². The van der Waals surface area contributed by atoms with E-state index in [-0.39, 0.29) is 11.6 Å². The quantitative estimate of drug-likeness (QED) is 0.303. The first-order valence-corrected chi connectivity index (χ1v) is 14.8. The molecule has 3 aromatic heterocycles. The van der Waals surface area contributed by atoms with E-state index in [1.54, 1.807) is 24.5 Å². The van der Waals surface area contributed by atoms with E-state index in [1.807, 2.05) is 6.07 Å². The Hall–Kier alpha value is -2.71. The van der Waals surface area contributed by atoms with Crippen molar-refractivity contribution in [1.29, 1.82) is 0 Å². The Morgan fingerprint density at radius 1 is 0.971 bits per heavy atom. The minimum atomic E-state index is -1.89. The summed E-state index contributed by atoms with van der Waals surface area (Å²) in [7, 11) is -1.89. The minimum absolute atomic E-state index is 0.130. The van der Waals surface area contributed by atoms with Gasteiger partial charge in [-0.3, -0.25) is 4.98 Å². The van der Waals surface area contributed by atoms with Gasteiger partial charge < -0.3 is 9.16 Å². The number of fused-ring (bicyclic) bond motifs is 1. The van der Waals surface area contributed by atoms with Crippen molar-refractivity contribution in [2.24, 2.45) is 0 Å². The molecule has 0 spiro atoms. The fourth-order valence-electron chi connectivity index (χ4n) is 3.74. The fourth-order valence-corrected chi connectivity index (χ4v) is 4.68. The second-order valence-corrected chi connectivity index (χ2v) is 15.1. The maximum Gasteiger partial charge on any atom is 0.214 e. The van der Waals surface area contributed by atoms with Gasteiger partial charge in [-0.2, -0.15) is 4.39 Å². The van der Waals surface area contributed by atoms with Gasteiger partial charge in [0.05, 0.1) is 36.1 Å². The van der Waals surface area contributed by atoms with Crippen LogP contribution in [-0.4, -0.2) is 28.3 Å². The van der Waals surface area contributed by atoms with Crippen LogP contribution in [0.4, 0.5) is 4.39 Å². The van der Waals surface area contributed by atoms with E-state index in [9.17, 15) is 4.39 Å². The van der Waals surface area contributed by atoms with E-state index in [1.165, 1.54) is 11.6 Å². The predicted octanol–water partition coefficient (Wildman–Crippen LogP) is 6.05. The van der Waals surface area contributed by atoms with Gasteiger partial charge in [-0.15, -0.1) is 0 Å². The van der Waals surface area contributed by atoms with Crippen molar-refractivity contribution in [3.8, 4) is 17.1 Å². The Labute approximate surface area is 202 Å². The molecule has 1 aliphatic rings. The van der Waals surface area contributed by atoms with Crippen molar-refractivity contribution < 1.29 is 13.6 Å². The summed E-state index contributed by atoms with van der Waals surface area (Å²) < 4.78 is 25.7. The number of ether oxygens (including phenoxy) is 1. The molecule has 1 aliphatic carbocycles. The van der Waals surface area contributed by atoms with Crippen LogP contribution >= 0.6 is 0 Å². The summed E-state index contributed by atoms with van der Waals surface area (Å²) in [5, 5.41) is 0.130. The first-order valence-electron chi connectivity index (χ1n) is 11.8. The standard InChI is InChI=1S/C26H33FN4O2Si/c1-26(2,3)34(4,5)33-17-19-14-28-15-23(29-19)21-13-25(31-22-11-7-6-10-20(21)22)32-16-18-9-8-12-24(27)30-18/h8-9,12-15H,6-7,10-11,16-17H2,1-5H3. The Morgan fingerprint density at radius 3 is 2.53 bits per heavy atom. The molecular weight excluding hydrogens is 447 g/mol. The molecule has 180 valence electrons. The summed E-state index contributed by atoms with van der Waals surface area (Å²) in [5.41, 5.74) is 5.37. The average molecular weight is 481 g/mol. The van der Waals surface area contributed by atoms with Crippen LogP contribution in [0.3, 0.4) is 0 Å². The second-order valence-electron chi connectivity index (χ2n) is 10.3. The molecule has 3 heterocycles. The molecule has 0 aliphatic heterocycles. The van der Waals surface area contributed by atoms with Gasteiger partial charge in [-0.1, -0.05) is 26.8 Å². The molecule has 6 nitrogen and oxygen atoms in total. The zero-order chi connectivity index (χ0) is 24.3. The monoisotopic (exact) mass is 480 g/mol. The molecule has 34 heavy (non-hydrogen) atoms. The van der Waals surface area contributed by atoms with Crippen LogP contribution < -0.4 is 4.74 Å². The number of rotatable bonds is 7. The normalized spacial score (nSPS) is 14.1. The number of aryl methyl sites for hydroxylation is 1. The SMILES string of the molecule is CC(C)(C)[Si](C)(C)OCc1cncc(-c2cc(OCc3cccc(F)n3)nc3c2CCCC3)n1. The predicted molar refractivity (Wildman–Crippen MR) is 132 cm³/mol. The lowest BCUT2D eigenvalue weighted by Crippen LogP contribution is -2.40. The molecule has 0 unspecified atom stereocenters. The number of hydrogen-bond donors (Lipinski definition) is 0. The molecule has 0 saturated carbocycles. The van der Waals surface area contributed by atoms with Crippen LogP contribution in [0.2, 0.25) is 18.1 Å². The Balaban J connectivity index is 1.60. The zero-order valence-corrected chi connectivity index (χ0v) is 21.7. The van der Waals surface area contributed by atoms with Crippen molar-refractivity contribution in [3.05, 3.63) is 65.3 Å². The van der Waals surface area contributed by atoms with E-state index in [0.717, 1.165) is 48.3 Å². The Bertz CT molecular complexity index is 1160. The van der Waals surface area contributed by atoms with E-state index in [0.29, 0.717) is 18.2 Å². The lowest BCUT2D eigenvalue weighted by atomic mass is 9.91. The summed E-state index contributed by atoms with van der Waals surface area (Å²) in [6.45, 7) is 11.7. The average Bonchev–Trinajstić information content (AvgIpc) is 2.80. The van der Waals surface area contributed by atoms with Gasteiger partial charge in [0.2, 0.25) is 11.8 Å². The summed E-state index contributed by atoms with van der Waals surface area (Å²) in [4.78, 5) is 18.0. The van der Waals surface area contributed by atoms with Gasteiger partial charge >= 0.3 is 0 Å². The first-order chi connectivity index (χ1) is 16.1. The lowest BCUT2D eigenvalue weighted by Gasteiger charge is -2.36. The van der Waals surface area contributed by atoms with Gasteiger partial charge in [0.25, 0.3) is 0 Å². The number of pyridine rings is 2. The van der Waals surface area contributed by atoms with E-state index >= 15 is 0 Å². The molecule has 3 aromatic rings. The summed E-state index contributed by atoms with van der Waals surface area (Å²) >= 11 is 0. The topological polar surface area (TPSA) is 70.0 Å². The molecule has 0 saturated heterocycles. The van der Waals surface area contributed by atoms with Gasteiger partial charge in [0.15, 0.2) is 8.32 Å². The molecule has 0 fully saturated rings. The van der Waals surface area contributed by atoms with E-state index in [4.69, 9.17) is 19.1 Å². The lowest BCUT2D eigenvalue weighted by molar-refractivity contribution is 0.271. The van der Waals surface area contributed by atoms with Crippen molar-refractivity contribution >= 4 is 8.32 Å². The second kappa shape index (κ2) is 9.88. The van der Waals surface area contributed by atoms with Crippen LogP contribution in [0.5, 0.6) is 5.88 Å². The van der Waals surface area contributed by atoms with Gasteiger partial charge in [0, 0.05) is 17.3 Å². The summed E-state index contributed by atoms with van der Waals surface area (Å²) in [5.74, 6) is -0.0290. The van der Waals surface area contributed by atoms with Crippen molar-refractivity contribution in [3.63, 3.8) is 0 Å². The number of hydrogen-bond acceptors (Lipinski definition) is 6. The Morgan fingerprint density at radius 2 is 1.76 bits per heavy atom. The number of nitrogens with zero attached hydrogens (tertiary/aromatic N) is 4. The van der Waals surface area contributed by atoms with Crippen LogP contribution in [0, 0.1) is 5.95 Å². The third-order valence-electron chi connectivity index (χ3n) is 6.76. The summed E-state index contributed by atoms with van der Waals surface area (Å²) in [6.07, 6.45) is 7.64.